The Morgan fingerprint density at radius 3 is 2.42 bits per heavy atom. The van der Waals surface area contributed by atoms with Crippen molar-refractivity contribution in [2.45, 2.75) is 50.7 Å². The molecule has 0 saturated carbocycles. The van der Waals surface area contributed by atoms with Gasteiger partial charge in [0.2, 0.25) is 11.9 Å². The lowest BCUT2D eigenvalue weighted by Crippen LogP contribution is -2.41. The van der Waals surface area contributed by atoms with E-state index in [0.717, 1.165) is 74.5 Å². The number of nitrogens with one attached hydrogen (secondary N) is 1. The number of likely N-dealkylation sites (tertiary alicyclic amines) is 1. The van der Waals surface area contributed by atoms with Crippen molar-refractivity contribution in [2.75, 3.05) is 24.5 Å². The number of benzene rings is 1. The molecule has 7 nitrogen and oxygen atoms in total. The third-order valence-electron chi connectivity index (χ3n) is 7.26. The number of alkyl halides is 3. The van der Waals surface area contributed by atoms with Crippen molar-refractivity contribution in [3.05, 3.63) is 60.2 Å². The molecule has 1 N–H and O–H groups in total. The lowest BCUT2D eigenvalue weighted by Gasteiger charge is -2.38. The summed E-state index contributed by atoms with van der Waals surface area (Å²) in [6.45, 7) is 2.32. The van der Waals surface area contributed by atoms with Crippen LogP contribution in [0.25, 0.3) is 11.1 Å². The Morgan fingerprint density at radius 2 is 1.72 bits per heavy atom. The first-order chi connectivity index (χ1) is 17.4. The summed E-state index contributed by atoms with van der Waals surface area (Å²) < 4.78 is 39.0. The molecular weight excluding hydrogens is 469 g/mol. The molecule has 36 heavy (non-hydrogen) atoms. The molecule has 2 fully saturated rings. The van der Waals surface area contributed by atoms with Gasteiger partial charge in [-0.3, -0.25) is 9.89 Å². The zero-order valence-electron chi connectivity index (χ0n) is 19.9. The average Bonchev–Trinajstić information content (AvgIpc) is 3.39. The normalized spacial score (nSPS) is 19.5. The molecule has 0 bridgehead atoms. The summed E-state index contributed by atoms with van der Waals surface area (Å²) in [5.74, 6) is 1.16. The van der Waals surface area contributed by atoms with Crippen LogP contribution in [0.2, 0.25) is 0 Å². The molecular formula is C26H29F3N6O. The lowest BCUT2D eigenvalue weighted by molar-refractivity contribution is -0.138. The van der Waals surface area contributed by atoms with E-state index >= 15 is 0 Å². The standard InChI is InChI=1S/C26H29F3N6O/c27-26(28,29)20-7-5-19(6-8-20)21-17-32-33-24(21)22-4-1-2-13-35(22)23(36)16-18-9-14-34(15-10-18)25-30-11-3-12-31-25/h3,5-8,11-12,17-18,22H,1-2,4,9-10,13-16H2,(H,32,33)/t22-/m1/s1. The second kappa shape index (κ2) is 10.3. The van der Waals surface area contributed by atoms with Gasteiger partial charge in [0.15, 0.2) is 0 Å². The number of rotatable bonds is 5. The molecule has 0 radical (unpaired) electrons. The number of halogens is 3. The Balaban J connectivity index is 1.26. The van der Waals surface area contributed by atoms with Crippen molar-refractivity contribution < 1.29 is 18.0 Å². The van der Waals surface area contributed by atoms with Gasteiger partial charge >= 0.3 is 6.18 Å². The monoisotopic (exact) mass is 498 g/mol. The van der Waals surface area contributed by atoms with Crippen LogP contribution >= 0.6 is 0 Å². The summed E-state index contributed by atoms with van der Waals surface area (Å²) in [5.41, 5.74) is 1.50. The quantitative estimate of drug-likeness (QED) is 0.520. The zero-order chi connectivity index (χ0) is 25.1. The van der Waals surface area contributed by atoms with Crippen LogP contribution in [-0.2, 0) is 11.0 Å². The average molecular weight is 499 g/mol. The number of hydrogen-bond acceptors (Lipinski definition) is 5. The van der Waals surface area contributed by atoms with Gasteiger partial charge < -0.3 is 9.80 Å². The van der Waals surface area contributed by atoms with Crippen LogP contribution in [0.5, 0.6) is 0 Å². The van der Waals surface area contributed by atoms with Crippen LogP contribution < -0.4 is 4.90 Å². The highest BCUT2D eigenvalue weighted by Gasteiger charge is 2.34. The molecule has 4 heterocycles. The Kier molecular flexibility index (Phi) is 6.93. The predicted molar refractivity (Wildman–Crippen MR) is 129 cm³/mol. The maximum atomic E-state index is 13.5. The van der Waals surface area contributed by atoms with Crippen molar-refractivity contribution in [3.8, 4) is 11.1 Å². The maximum Gasteiger partial charge on any atom is 0.416 e. The molecule has 2 aliphatic rings. The van der Waals surface area contributed by atoms with E-state index in [1.807, 2.05) is 4.90 Å². The highest BCUT2D eigenvalue weighted by Crippen LogP contribution is 2.38. The molecule has 2 aromatic heterocycles. The van der Waals surface area contributed by atoms with Crippen molar-refractivity contribution in [2.24, 2.45) is 5.92 Å². The summed E-state index contributed by atoms with van der Waals surface area (Å²) in [6.07, 6.45) is 5.75. The number of aromatic nitrogens is 4. The number of carbonyl (C=O) groups excluding carboxylic acids is 1. The first kappa shape index (κ1) is 24.3. The number of nitrogens with zero attached hydrogens (tertiary/aromatic N) is 5. The topological polar surface area (TPSA) is 78.0 Å². The van der Waals surface area contributed by atoms with E-state index in [1.165, 1.54) is 12.1 Å². The smallest absolute Gasteiger partial charge is 0.341 e. The van der Waals surface area contributed by atoms with Crippen molar-refractivity contribution in [3.63, 3.8) is 0 Å². The van der Waals surface area contributed by atoms with Crippen molar-refractivity contribution in [1.82, 2.24) is 25.1 Å². The van der Waals surface area contributed by atoms with Gasteiger partial charge in [-0.05, 0) is 61.8 Å². The second-order valence-corrected chi connectivity index (χ2v) is 9.55. The number of amides is 1. The first-order valence-electron chi connectivity index (χ1n) is 12.4. The Bertz CT molecular complexity index is 1160. The minimum Gasteiger partial charge on any atom is -0.341 e. The maximum absolute atomic E-state index is 13.5. The third-order valence-corrected chi connectivity index (χ3v) is 7.26. The molecule has 1 atom stereocenters. The molecule has 0 aliphatic carbocycles. The summed E-state index contributed by atoms with van der Waals surface area (Å²) in [6, 6.07) is 6.74. The molecule has 0 spiro atoms. The fraction of sp³-hybridized carbons (Fsp3) is 0.462. The summed E-state index contributed by atoms with van der Waals surface area (Å²) in [7, 11) is 0. The predicted octanol–water partition coefficient (Wildman–Crippen LogP) is 5.25. The Morgan fingerprint density at radius 1 is 1.00 bits per heavy atom. The Labute approximate surface area is 207 Å². The summed E-state index contributed by atoms with van der Waals surface area (Å²) in [5, 5.41) is 7.23. The fourth-order valence-corrected chi connectivity index (χ4v) is 5.30. The SMILES string of the molecule is O=C(CC1CCN(c2ncccn2)CC1)N1CCCC[C@@H]1c1[nH]ncc1-c1ccc(C(F)(F)F)cc1. The van der Waals surface area contributed by atoms with E-state index in [4.69, 9.17) is 0 Å². The second-order valence-electron chi connectivity index (χ2n) is 9.55. The minimum atomic E-state index is -4.38. The largest absolute Gasteiger partial charge is 0.416 e. The van der Waals surface area contributed by atoms with Gasteiger partial charge in [-0.15, -0.1) is 0 Å². The van der Waals surface area contributed by atoms with Crippen LogP contribution in [0.4, 0.5) is 19.1 Å². The Hall–Kier alpha value is -3.43. The number of aromatic amines is 1. The first-order valence-corrected chi connectivity index (χ1v) is 12.4. The molecule has 1 aromatic carbocycles. The van der Waals surface area contributed by atoms with Gasteiger partial charge in [-0.2, -0.15) is 18.3 Å². The van der Waals surface area contributed by atoms with E-state index in [0.29, 0.717) is 24.4 Å². The van der Waals surface area contributed by atoms with Crippen LogP contribution in [-0.4, -0.2) is 50.6 Å². The van der Waals surface area contributed by atoms with Gasteiger partial charge in [-0.25, -0.2) is 9.97 Å². The lowest BCUT2D eigenvalue weighted by atomic mass is 9.90. The minimum absolute atomic E-state index is 0.127. The van der Waals surface area contributed by atoms with Crippen LogP contribution in [0.1, 0.15) is 55.8 Å². The molecule has 5 rings (SSSR count). The number of carbonyl (C=O) groups is 1. The van der Waals surface area contributed by atoms with E-state index in [-0.39, 0.29) is 11.9 Å². The number of hydrogen-bond donors (Lipinski definition) is 1. The number of anilines is 1. The number of piperidine rings is 2. The molecule has 3 aromatic rings. The fourth-order valence-electron chi connectivity index (χ4n) is 5.30. The van der Waals surface area contributed by atoms with Crippen LogP contribution in [0.15, 0.2) is 48.9 Å². The van der Waals surface area contributed by atoms with Gasteiger partial charge in [0.25, 0.3) is 0 Å². The van der Waals surface area contributed by atoms with Crippen LogP contribution in [0.3, 0.4) is 0 Å². The highest BCUT2D eigenvalue weighted by atomic mass is 19.4. The summed E-state index contributed by atoms with van der Waals surface area (Å²) in [4.78, 5) is 26.2. The molecule has 10 heteroatoms. The van der Waals surface area contributed by atoms with Crippen LogP contribution in [0, 0.1) is 5.92 Å². The molecule has 2 saturated heterocycles. The molecule has 1 amide bonds. The van der Waals surface area contributed by atoms with E-state index in [9.17, 15) is 18.0 Å². The van der Waals surface area contributed by atoms with E-state index in [1.54, 1.807) is 24.7 Å². The highest BCUT2D eigenvalue weighted by molar-refractivity contribution is 5.78. The summed E-state index contributed by atoms with van der Waals surface area (Å²) >= 11 is 0. The van der Waals surface area contributed by atoms with Crippen molar-refractivity contribution >= 4 is 11.9 Å². The van der Waals surface area contributed by atoms with Gasteiger partial charge in [0, 0.05) is 44.0 Å². The van der Waals surface area contributed by atoms with E-state index < -0.39 is 11.7 Å². The molecule has 190 valence electrons. The third kappa shape index (κ3) is 5.22. The number of H-pyrrole nitrogens is 1. The van der Waals surface area contributed by atoms with Gasteiger partial charge in [0.1, 0.15) is 0 Å². The van der Waals surface area contributed by atoms with Gasteiger partial charge in [0.05, 0.1) is 23.5 Å². The zero-order valence-corrected chi connectivity index (χ0v) is 19.9. The molecule has 0 unspecified atom stereocenters. The van der Waals surface area contributed by atoms with Crippen molar-refractivity contribution in [1.29, 1.82) is 0 Å². The van der Waals surface area contributed by atoms with Gasteiger partial charge in [-0.1, -0.05) is 12.1 Å². The van der Waals surface area contributed by atoms with E-state index in [2.05, 4.69) is 25.1 Å². The molecule has 2 aliphatic heterocycles.